The van der Waals surface area contributed by atoms with Gasteiger partial charge >= 0.3 is 6.09 Å². The first-order valence-corrected chi connectivity index (χ1v) is 8.35. The van der Waals surface area contributed by atoms with Crippen LogP contribution in [0, 0.1) is 0 Å². The van der Waals surface area contributed by atoms with E-state index in [9.17, 15) is 9.90 Å². The van der Waals surface area contributed by atoms with E-state index in [0.29, 0.717) is 5.75 Å². The van der Waals surface area contributed by atoms with Gasteiger partial charge in [0, 0.05) is 0 Å². The number of ether oxygens (including phenoxy) is 3. The first-order chi connectivity index (χ1) is 12.3. The first kappa shape index (κ1) is 19.4. The Hall–Kier alpha value is -2.89. The van der Waals surface area contributed by atoms with Crippen molar-refractivity contribution >= 4 is 6.09 Å². The number of aromatic hydroxyl groups is 1. The van der Waals surface area contributed by atoms with Gasteiger partial charge in [-0.3, -0.25) is 0 Å². The molecule has 2 aromatic carbocycles. The molecule has 2 N–H and O–H groups in total. The molecule has 1 amide bonds. The summed E-state index contributed by atoms with van der Waals surface area (Å²) in [6, 6.07) is 12.7. The number of phenols is 1. The van der Waals surface area contributed by atoms with Gasteiger partial charge in [0.1, 0.15) is 18.0 Å². The molecule has 0 aliphatic rings. The molecule has 0 radical (unpaired) electrons. The van der Waals surface area contributed by atoms with Gasteiger partial charge in [0.15, 0.2) is 11.5 Å². The van der Waals surface area contributed by atoms with Crippen LogP contribution < -0.4 is 14.8 Å². The second-order valence-electron chi connectivity index (χ2n) is 6.69. The average Bonchev–Trinajstić information content (AvgIpc) is 2.58. The Labute approximate surface area is 153 Å². The Kier molecular flexibility index (Phi) is 6.33. The predicted molar refractivity (Wildman–Crippen MR) is 99.8 cm³/mol. The number of hydrogen-bond acceptors (Lipinski definition) is 5. The Morgan fingerprint density at radius 2 is 1.85 bits per heavy atom. The van der Waals surface area contributed by atoms with Crippen LogP contribution in [0.3, 0.4) is 0 Å². The summed E-state index contributed by atoms with van der Waals surface area (Å²) in [4.78, 5) is 11.5. The molecule has 0 bridgehead atoms. The largest absolute Gasteiger partial charge is 0.504 e. The second kappa shape index (κ2) is 8.47. The zero-order valence-corrected chi connectivity index (χ0v) is 15.5. The molecule has 0 unspecified atom stereocenters. The lowest BCUT2D eigenvalue weighted by atomic mass is 10.0. The number of alkyl carbamates (subject to hydrolysis) is 1. The fourth-order valence-electron chi connectivity index (χ4n) is 2.25. The number of methoxy groups -OCH3 is 1. The normalized spacial score (nSPS) is 10.9. The number of hydrogen-bond donors (Lipinski definition) is 2. The lowest BCUT2D eigenvalue weighted by molar-refractivity contribution is 0.0520. The number of nitrogens with one attached hydrogen (secondary N) is 1. The summed E-state index contributed by atoms with van der Waals surface area (Å²) in [6.07, 6.45) is -0.501. The summed E-state index contributed by atoms with van der Waals surface area (Å²) >= 11 is 0. The topological polar surface area (TPSA) is 77.0 Å². The Balaban J connectivity index is 1.90. The van der Waals surface area contributed by atoms with E-state index in [-0.39, 0.29) is 18.9 Å². The summed E-state index contributed by atoms with van der Waals surface area (Å²) < 4.78 is 15.9. The summed E-state index contributed by atoms with van der Waals surface area (Å²) in [6.45, 7) is 5.87. The third kappa shape index (κ3) is 5.88. The predicted octanol–water partition coefficient (Wildman–Crippen LogP) is 3.97. The molecular weight excluding hydrogens is 334 g/mol. The summed E-state index contributed by atoms with van der Waals surface area (Å²) in [5, 5.41) is 12.8. The van der Waals surface area contributed by atoms with Gasteiger partial charge in [0.25, 0.3) is 0 Å². The molecule has 6 heteroatoms. The van der Waals surface area contributed by atoms with Crippen LogP contribution in [0.25, 0.3) is 11.1 Å². The minimum Gasteiger partial charge on any atom is -0.504 e. The number of amides is 1. The molecular formula is C20H25NO5. The lowest BCUT2D eigenvalue weighted by Crippen LogP contribution is -2.34. The molecule has 0 spiro atoms. The summed E-state index contributed by atoms with van der Waals surface area (Å²) in [7, 11) is 1.61. The second-order valence-corrected chi connectivity index (χ2v) is 6.69. The number of phenolic OH excluding ortho intramolecular Hbond substituents is 1. The Bertz CT molecular complexity index is 752. The third-order valence-electron chi connectivity index (χ3n) is 3.39. The van der Waals surface area contributed by atoms with E-state index in [2.05, 4.69) is 5.32 Å². The minimum absolute atomic E-state index is 0.0302. The van der Waals surface area contributed by atoms with E-state index in [4.69, 9.17) is 14.2 Å². The maximum absolute atomic E-state index is 11.5. The highest BCUT2D eigenvalue weighted by atomic mass is 16.6. The molecule has 6 nitrogen and oxygen atoms in total. The standard InChI is InChI=1S/C20H25NO5/c1-20(2,3)26-19(23)21-10-11-25-18-9-8-15(13-17(18)22)14-6-5-7-16(12-14)24-4/h5-9,12-13,22H,10-11H2,1-4H3,(H,21,23). The average molecular weight is 359 g/mol. The van der Waals surface area contributed by atoms with Crippen molar-refractivity contribution in [3.63, 3.8) is 0 Å². The van der Waals surface area contributed by atoms with Crippen molar-refractivity contribution in [1.29, 1.82) is 0 Å². The fraction of sp³-hybridized carbons (Fsp3) is 0.350. The lowest BCUT2D eigenvalue weighted by Gasteiger charge is -2.19. The van der Waals surface area contributed by atoms with Gasteiger partial charge in [-0.05, 0) is 56.2 Å². The van der Waals surface area contributed by atoms with Crippen LogP contribution in [0.4, 0.5) is 4.79 Å². The molecule has 0 heterocycles. The number of benzene rings is 2. The van der Waals surface area contributed by atoms with Gasteiger partial charge in [0.05, 0.1) is 13.7 Å². The minimum atomic E-state index is -0.543. The van der Waals surface area contributed by atoms with Crippen molar-refractivity contribution < 1.29 is 24.1 Å². The van der Waals surface area contributed by atoms with Crippen LogP contribution in [-0.2, 0) is 4.74 Å². The van der Waals surface area contributed by atoms with Crippen molar-refractivity contribution in [2.45, 2.75) is 26.4 Å². The van der Waals surface area contributed by atoms with Crippen molar-refractivity contribution in [3.05, 3.63) is 42.5 Å². The SMILES string of the molecule is COc1cccc(-c2ccc(OCCNC(=O)OC(C)(C)C)c(O)c2)c1. The van der Waals surface area contributed by atoms with E-state index in [0.717, 1.165) is 16.9 Å². The molecule has 26 heavy (non-hydrogen) atoms. The van der Waals surface area contributed by atoms with Gasteiger partial charge in [-0.25, -0.2) is 4.79 Å². The van der Waals surface area contributed by atoms with Crippen LogP contribution in [0.5, 0.6) is 17.2 Å². The molecule has 0 saturated heterocycles. The highest BCUT2D eigenvalue weighted by molar-refractivity contribution is 5.68. The molecule has 0 fully saturated rings. The molecule has 0 aliphatic carbocycles. The first-order valence-electron chi connectivity index (χ1n) is 8.35. The van der Waals surface area contributed by atoms with E-state index >= 15 is 0 Å². The number of carbonyl (C=O) groups is 1. The number of rotatable bonds is 6. The van der Waals surface area contributed by atoms with Crippen LogP contribution in [0.15, 0.2) is 42.5 Å². The zero-order chi connectivity index (χ0) is 19.2. The van der Waals surface area contributed by atoms with E-state index in [1.54, 1.807) is 40.0 Å². The molecule has 2 rings (SSSR count). The quantitative estimate of drug-likeness (QED) is 0.763. The van der Waals surface area contributed by atoms with Crippen molar-refractivity contribution in [2.75, 3.05) is 20.3 Å². The van der Waals surface area contributed by atoms with Gasteiger partial charge in [-0.1, -0.05) is 18.2 Å². The van der Waals surface area contributed by atoms with Crippen LogP contribution in [-0.4, -0.2) is 37.1 Å². The third-order valence-corrected chi connectivity index (χ3v) is 3.39. The Morgan fingerprint density at radius 3 is 2.50 bits per heavy atom. The summed E-state index contributed by atoms with van der Waals surface area (Å²) in [5.41, 5.74) is 1.23. The highest BCUT2D eigenvalue weighted by Crippen LogP contribution is 2.32. The molecule has 140 valence electrons. The maximum Gasteiger partial charge on any atom is 0.407 e. The highest BCUT2D eigenvalue weighted by Gasteiger charge is 2.15. The van der Waals surface area contributed by atoms with Gasteiger partial charge in [0.2, 0.25) is 0 Å². The molecule has 0 saturated carbocycles. The molecule has 0 aromatic heterocycles. The van der Waals surface area contributed by atoms with E-state index in [1.807, 2.05) is 30.3 Å². The van der Waals surface area contributed by atoms with Gasteiger partial charge in [-0.2, -0.15) is 0 Å². The fourth-order valence-corrected chi connectivity index (χ4v) is 2.25. The van der Waals surface area contributed by atoms with Gasteiger partial charge < -0.3 is 24.6 Å². The van der Waals surface area contributed by atoms with Crippen LogP contribution >= 0.6 is 0 Å². The van der Waals surface area contributed by atoms with Crippen LogP contribution in [0.2, 0.25) is 0 Å². The van der Waals surface area contributed by atoms with E-state index in [1.165, 1.54) is 0 Å². The molecule has 0 aliphatic heterocycles. The van der Waals surface area contributed by atoms with Crippen molar-refractivity contribution in [3.8, 4) is 28.4 Å². The van der Waals surface area contributed by atoms with Crippen molar-refractivity contribution in [2.24, 2.45) is 0 Å². The molecule has 2 aromatic rings. The van der Waals surface area contributed by atoms with Gasteiger partial charge in [-0.15, -0.1) is 0 Å². The zero-order valence-electron chi connectivity index (χ0n) is 15.5. The smallest absolute Gasteiger partial charge is 0.407 e. The van der Waals surface area contributed by atoms with E-state index < -0.39 is 11.7 Å². The Morgan fingerprint density at radius 1 is 1.12 bits per heavy atom. The summed E-state index contributed by atoms with van der Waals surface area (Å²) in [5.74, 6) is 1.13. The van der Waals surface area contributed by atoms with Crippen LogP contribution in [0.1, 0.15) is 20.8 Å². The number of carbonyl (C=O) groups excluding carboxylic acids is 1. The maximum atomic E-state index is 11.5. The molecule has 0 atom stereocenters. The van der Waals surface area contributed by atoms with Crippen molar-refractivity contribution in [1.82, 2.24) is 5.32 Å². The monoisotopic (exact) mass is 359 g/mol.